The topological polar surface area (TPSA) is 26.2 Å². The van der Waals surface area contributed by atoms with Crippen LogP contribution in [0, 0.1) is 0 Å². The molecular weight excluding hydrogens is 492 g/mol. The van der Waals surface area contributed by atoms with Gasteiger partial charge >= 0.3 is 0 Å². The van der Waals surface area contributed by atoms with Crippen LogP contribution in [0.1, 0.15) is 63.8 Å². The lowest BCUT2D eigenvalue weighted by atomic mass is 9.83. The minimum atomic E-state index is -0.0171. The second-order valence-corrected chi connectivity index (χ2v) is 12.7. The van der Waals surface area contributed by atoms with Gasteiger partial charge in [0, 0.05) is 36.9 Å². The molecule has 0 fully saturated rings. The van der Waals surface area contributed by atoms with Gasteiger partial charge < -0.3 is 9.47 Å². The van der Waals surface area contributed by atoms with Gasteiger partial charge in [0.15, 0.2) is 24.7 Å². The molecule has 4 heteroatoms. The third kappa shape index (κ3) is 5.21. The Labute approximate surface area is 239 Å². The lowest BCUT2D eigenvalue weighted by molar-refractivity contribution is -0.677. The minimum absolute atomic E-state index is 0.0171. The number of methoxy groups -OCH3 is 2. The van der Waals surface area contributed by atoms with E-state index in [0.717, 1.165) is 40.5 Å². The van der Waals surface area contributed by atoms with Crippen LogP contribution in [0.4, 0.5) is 0 Å². The largest absolute Gasteiger partial charge is 0.492 e. The molecule has 0 N–H and O–H groups in total. The average molecular weight is 535 g/mol. The molecule has 4 aromatic rings. The fourth-order valence-electron chi connectivity index (χ4n) is 5.54. The molecule has 40 heavy (non-hydrogen) atoms. The van der Waals surface area contributed by atoms with Gasteiger partial charge in [-0.15, -0.1) is 0 Å². The van der Waals surface area contributed by atoms with Crippen molar-refractivity contribution in [2.45, 2.75) is 58.9 Å². The van der Waals surface area contributed by atoms with Crippen LogP contribution in [-0.2, 0) is 26.8 Å². The van der Waals surface area contributed by atoms with Gasteiger partial charge in [0.1, 0.15) is 6.61 Å². The second-order valence-electron chi connectivity index (χ2n) is 12.7. The van der Waals surface area contributed by atoms with Crippen molar-refractivity contribution in [2.24, 2.45) is 0 Å². The molecule has 0 atom stereocenters. The first kappa shape index (κ1) is 27.8. The first-order chi connectivity index (χ1) is 19.0. The van der Waals surface area contributed by atoms with E-state index in [9.17, 15) is 0 Å². The van der Waals surface area contributed by atoms with Crippen LogP contribution >= 0.6 is 0 Å². The highest BCUT2D eigenvalue weighted by Crippen LogP contribution is 2.36. The van der Waals surface area contributed by atoms with E-state index in [2.05, 4.69) is 136 Å². The van der Waals surface area contributed by atoms with Crippen LogP contribution in [0.2, 0.25) is 0 Å². The molecule has 0 unspecified atom stereocenters. The molecule has 4 nitrogen and oxygen atoms in total. The summed E-state index contributed by atoms with van der Waals surface area (Å²) in [7, 11) is 3.46. The highest BCUT2D eigenvalue weighted by Gasteiger charge is 2.34. The summed E-state index contributed by atoms with van der Waals surface area (Å²) in [6, 6.07) is 26.7. The van der Waals surface area contributed by atoms with Gasteiger partial charge in [-0.1, -0.05) is 53.7 Å². The van der Waals surface area contributed by atoms with E-state index in [-0.39, 0.29) is 10.8 Å². The smallest absolute Gasteiger partial charge is 0.259 e. The molecule has 3 heterocycles. The van der Waals surface area contributed by atoms with E-state index in [1.54, 1.807) is 14.2 Å². The summed E-state index contributed by atoms with van der Waals surface area (Å²) in [5, 5.41) is 0. The fraction of sp³-hybridized carbons (Fsp3) is 0.333. The van der Waals surface area contributed by atoms with Crippen LogP contribution in [0.5, 0.6) is 0 Å². The Morgan fingerprint density at radius 1 is 0.700 bits per heavy atom. The van der Waals surface area contributed by atoms with Crippen molar-refractivity contribution in [3.8, 4) is 22.5 Å². The zero-order chi connectivity index (χ0) is 28.7. The predicted molar refractivity (Wildman–Crippen MR) is 162 cm³/mol. The number of hydrogen-bond acceptors (Lipinski definition) is 2. The molecule has 2 aromatic carbocycles. The van der Waals surface area contributed by atoms with E-state index >= 15 is 0 Å². The summed E-state index contributed by atoms with van der Waals surface area (Å²) in [6.45, 7) is 14.7. The minimum Gasteiger partial charge on any atom is -0.492 e. The van der Waals surface area contributed by atoms with Crippen LogP contribution in [0.3, 0.4) is 0 Å². The maximum Gasteiger partial charge on any atom is 0.259 e. The Bertz CT molecular complexity index is 1590. The van der Waals surface area contributed by atoms with E-state index in [0.29, 0.717) is 6.61 Å². The van der Waals surface area contributed by atoms with E-state index in [4.69, 9.17) is 9.47 Å². The molecule has 0 saturated carbocycles. The fourth-order valence-corrected chi connectivity index (χ4v) is 5.54. The Balaban J connectivity index is 1.96. The van der Waals surface area contributed by atoms with Crippen molar-refractivity contribution in [3.05, 3.63) is 113 Å². The monoisotopic (exact) mass is 534 g/mol. The van der Waals surface area contributed by atoms with E-state index in [1.807, 2.05) is 0 Å². The molecule has 0 aliphatic carbocycles. The Hall–Kier alpha value is -3.76. The van der Waals surface area contributed by atoms with Gasteiger partial charge in [0.25, 0.3) is 5.70 Å². The summed E-state index contributed by atoms with van der Waals surface area (Å²) in [6.07, 6.45) is 4.34. The van der Waals surface area contributed by atoms with Gasteiger partial charge in [0.2, 0.25) is 11.4 Å². The number of benzene rings is 2. The van der Waals surface area contributed by atoms with Crippen LogP contribution < -0.4 is 9.13 Å². The number of hydrogen-bond donors (Lipinski definition) is 0. The Kier molecular flexibility index (Phi) is 7.41. The van der Waals surface area contributed by atoms with Crippen molar-refractivity contribution < 1.29 is 18.6 Å². The molecule has 0 radical (unpaired) electrons. The lowest BCUT2D eigenvalue weighted by Gasteiger charge is -2.23. The number of fused-ring (bicyclic) bond motifs is 6. The van der Waals surface area contributed by atoms with Crippen molar-refractivity contribution in [1.29, 1.82) is 0 Å². The molecule has 0 bridgehead atoms. The number of nitrogens with zero attached hydrogens (tertiary/aromatic N) is 2. The molecule has 1 aliphatic heterocycles. The summed E-state index contributed by atoms with van der Waals surface area (Å²) >= 11 is 0. The molecule has 5 rings (SSSR count). The molecule has 0 spiro atoms. The molecule has 0 amide bonds. The molecular formula is C36H42N2O2+2. The zero-order valence-electron chi connectivity index (χ0n) is 25.2. The number of aromatic nitrogens is 2. The van der Waals surface area contributed by atoms with Gasteiger partial charge in [-0.3, -0.25) is 0 Å². The van der Waals surface area contributed by atoms with Crippen molar-refractivity contribution in [2.75, 3.05) is 20.8 Å². The SMILES string of the molecule is COCC(OC)=C1c2cc(C(C)(C)C)ccc2-c2cccc[n+]2Cc2cc(C(C)(C)C)ccc2-c2cccc[n+]21. The highest BCUT2D eigenvalue weighted by molar-refractivity contribution is 5.78. The molecule has 1 aliphatic rings. The van der Waals surface area contributed by atoms with E-state index in [1.165, 1.54) is 22.3 Å². The van der Waals surface area contributed by atoms with Crippen LogP contribution in [-0.4, -0.2) is 20.8 Å². The van der Waals surface area contributed by atoms with Crippen molar-refractivity contribution >= 4 is 5.70 Å². The highest BCUT2D eigenvalue weighted by atomic mass is 16.5. The third-order valence-electron chi connectivity index (χ3n) is 7.83. The molecule has 206 valence electrons. The van der Waals surface area contributed by atoms with Gasteiger partial charge in [0.05, 0.1) is 23.8 Å². The quantitative estimate of drug-likeness (QED) is 0.183. The standard InChI is InChI=1S/C36H42N2O2/c1-35(2,3)26-15-17-28-25(21-26)23-37-19-11-9-13-31(37)29-18-16-27(36(4,5)6)22-30(29)34(33(40-8)24-39-7)38-20-12-10-14-32(28)38/h9-22H,23-24H2,1-8H3/q+2. The first-order valence-electron chi connectivity index (χ1n) is 14.1. The van der Waals surface area contributed by atoms with Crippen molar-refractivity contribution in [1.82, 2.24) is 0 Å². The van der Waals surface area contributed by atoms with Gasteiger partial charge in [-0.05, 0) is 58.4 Å². The lowest BCUT2D eigenvalue weighted by Crippen LogP contribution is -2.41. The Morgan fingerprint density at radius 3 is 1.98 bits per heavy atom. The van der Waals surface area contributed by atoms with Crippen LogP contribution in [0.15, 0.2) is 90.9 Å². The molecule has 0 saturated heterocycles. The maximum absolute atomic E-state index is 6.10. The third-order valence-corrected chi connectivity index (χ3v) is 7.83. The summed E-state index contributed by atoms with van der Waals surface area (Å²) in [5.74, 6) is 0.781. The number of pyridine rings is 2. The molecule has 2 aromatic heterocycles. The number of ether oxygens (including phenoxy) is 2. The normalized spacial score (nSPS) is 14.4. The number of rotatable bonds is 3. The van der Waals surface area contributed by atoms with Gasteiger partial charge in [-0.2, -0.15) is 9.13 Å². The zero-order valence-corrected chi connectivity index (χ0v) is 25.2. The van der Waals surface area contributed by atoms with Gasteiger partial charge in [-0.25, -0.2) is 0 Å². The summed E-state index contributed by atoms with van der Waals surface area (Å²) in [5.41, 5.74) is 10.7. The summed E-state index contributed by atoms with van der Waals surface area (Å²) < 4.78 is 16.5. The van der Waals surface area contributed by atoms with Crippen LogP contribution in [0.25, 0.3) is 28.2 Å². The second kappa shape index (κ2) is 10.7. The first-order valence-corrected chi connectivity index (χ1v) is 14.1. The predicted octanol–water partition coefficient (Wildman–Crippen LogP) is 7.06. The Morgan fingerprint density at radius 2 is 1.32 bits per heavy atom. The maximum atomic E-state index is 6.10. The van der Waals surface area contributed by atoms with E-state index < -0.39 is 0 Å². The summed E-state index contributed by atoms with van der Waals surface area (Å²) in [4.78, 5) is 0. The average Bonchev–Trinajstić information content (AvgIpc) is 2.92. The van der Waals surface area contributed by atoms with Crippen molar-refractivity contribution in [3.63, 3.8) is 0 Å².